The van der Waals surface area contributed by atoms with E-state index in [1.165, 1.54) is 71.0 Å². The Bertz CT molecular complexity index is 199. The molecule has 2 saturated heterocycles. The zero-order valence-corrected chi connectivity index (χ0v) is 11.8. The average molecular weight is 254 g/mol. The van der Waals surface area contributed by atoms with Crippen molar-refractivity contribution in [1.29, 1.82) is 0 Å². The van der Waals surface area contributed by atoms with E-state index in [0.717, 1.165) is 19.7 Å². The summed E-state index contributed by atoms with van der Waals surface area (Å²) in [6.07, 6.45) is 11.1. The molecule has 0 amide bonds. The van der Waals surface area contributed by atoms with Gasteiger partial charge < -0.3 is 15.0 Å². The number of piperidine rings is 1. The molecule has 0 radical (unpaired) electrons. The highest BCUT2D eigenvalue weighted by molar-refractivity contribution is 4.68. The van der Waals surface area contributed by atoms with E-state index in [-0.39, 0.29) is 0 Å². The van der Waals surface area contributed by atoms with E-state index >= 15 is 0 Å². The van der Waals surface area contributed by atoms with Gasteiger partial charge in [0.1, 0.15) is 0 Å². The highest BCUT2D eigenvalue weighted by Crippen LogP contribution is 2.11. The van der Waals surface area contributed by atoms with Crippen LogP contribution in [-0.4, -0.2) is 50.3 Å². The molecule has 0 aromatic carbocycles. The number of rotatable bonds is 8. The lowest BCUT2D eigenvalue weighted by atomic mass is 10.1. The Morgan fingerprint density at radius 2 is 1.67 bits per heavy atom. The van der Waals surface area contributed by atoms with E-state index < -0.39 is 0 Å². The van der Waals surface area contributed by atoms with Gasteiger partial charge in [0.2, 0.25) is 0 Å². The molecular weight excluding hydrogens is 224 g/mol. The quantitative estimate of drug-likeness (QED) is 0.673. The summed E-state index contributed by atoms with van der Waals surface area (Å²) in [4.78, 5) is 2.62. The molecule has 0 aromatic rings. The maximum Gasteiger partial charge on any atom is 0.0599 e. The summed E-state index contributed by atoms with van der Waals surface area (Å²) in [6, 6.07) is 0. The monoisotopic (exact) mass is 254 g/mol. The molecule has 2 heterocycles. The van der Waals surface area contributed by atoms with Gasteiger partial charge in [-0.2, -0.15) is 0 Å². The van der Waals surface area contributed by atoms with Crippen LogP contribution in [0.5, 0.6) is 0 Å². The summed E-state index contributed by atoms with van der Waals surface area (Å²) in [5.41, 5.74) is 0. The summed E-state index contributed by atoms with van der Waals surface area (Å²) in [6.45, 7) is 7.28. The van der Waals surface area contributed by atoms with Crippen molar-refractivity contribution in [3.8, 4) is 0 Å². The smallest absolute Gasteiger partial charge is 0.0599 e. The first kappa shape index (κ1) is 14.3. The lowest BCUT2D eigenvalue weighted by molar-refractivity contribution is 0.0307. The molecule has 2 aliphatic rings. The molecule has 1 N–H and O–H groups in total. The molecule has 0 spiro atoms. The molecule has 0 aliphatic carbocycles. The van der Waals surface area contributed by atoms with E-state index in [1.54, 1.807) is 0 Å². The van der Waals surface area contributed by atoms with E-state index in [0.29, 0.717) is 6.10 Å². The molecule has 0 bridgehead atoms. The Hall–Kier alpha value is -0.120. The standard InChI is InChI=1S/C15H30N2O/c1(3-11-17-12-4-5-13-17)2-6-14-18-15-7-9-16-10-8-15/h15-16H,1-14H2. The fourth-order valence-electron chi connectivity index (χ4n) is 3.01. The molecule has 3 nitrogen and oxygen atoms in total. The van der Waals surface area contributed by atoms with Crippen molar-refractivity contribution in [3.05, 3.63) is 0 Å². The van der Waals surface area contributed by atoms with Gasteiger partial charge in [-0.15, -0.1) is 0 Å². The molecule has 0 aromatic heterocycles. The number of likely N-dealkylation sites (tertiary alicyclic amines) is 1. The third kappa shape index (κ3) is 5.68. The van der Waals surface area contributed by atoms with Crippen molar-refractivity contribution in [3.63, 3.8) is 0 Å². The topological polar surface area (TPSA) is 24.5 Å². The first-order chi connectivity index (χ1) is 8.95. The largest absolute Gasteiger partial charge is 0.378 e. The Labute approximate surface area is 112 Å². The van der Waals surface area contributed by atoms with Gasteiger partial charge in [0, 0.05) is 6.61 Å². The molecule has 2 fully saturated rings. The summed E-state index contributed by atoms with van der Waals surface area (Å²) >= 11 is 0. The van der Waals surface area contributed by atoms with E-state index in [1.807, 2.05) is 0 Å². The summed E-state index contributed by atoms with van der Waals surface area (Å²) in [5.74, 6) is 0. The van der Waals surface area contributed by atoms with Crippen LogP contribution in [0.3, 0.4) is 0 Å². The van der Waals surface area contributed by atoms with Crippen LogP contribution in [0, 0.1) is 0 Å². The second-order valence-corrected chi connectivity index (χ2v) is 5.78. The zero-order valence-electron chi connectivity index (χ0n) is 11.8. The SMILES string of the molecule is C(CCCN1CCCC1)CCOC1CCNCC1. The Morgan fingerprint density at radius 1 is 0.944 bits per heavy atom. The lowest BCUT2D eigenvalue weighted by Crippen LogP contribution is -2.32. The van der Waals surface area contributed by atoms with Crippen molar-refractivity contribution >= 4 is 0 Å². The van der Waals surface area contributed by atoms with Gasteiger partial charge in [-0.05, 0) is 71.2 Å². The normalized spacial score (nSPS) is 22.7. The molecule has 0 saturated carbocycles. The maximum absolute atomic E-state index is 5.91. The fraction of sp³-hybridized carbons (Fsp3) is 1.00. The molecule has 0 unspecified atom stereocenters. The van der Waals surface area contributed by atoms with Crippen LogP contribution in [-0.2, 0) is 4.74 Å². The van der Waals surface area contributed by atoms with Crippen LogP contribution in [0.2, 0.25) is 0 Å². The number of ether oxygens (including phenoxy) is 1. The van der Waals surface area contributed by atoms with Crippen molar-refractivity contribution in [1.82, 2.24) is 10.2 Å². The number of nitrogens with zero attached hydrogens (tertiary/aromatic N) is 1. The summed E-state index contributed by atoms with van der Waals surface area (Å²) < 4.78 is 5.91. The Balaban J connectivity index is 1.35. The third-order valence-electron chi connectivity index (χ3n) is 4.21. The first-order valence-electron chi connectivity index (χ1n) is 8.00. The summed E-state index contributed by atoms with van der Waals surface area (Å²) in [7, 11) is 0. The zero-order chi connectivity index (χ0) is 12.5. The van der Waals surface area contributed by atoms with E-state index in [4.69, 9.17) is 4.74 Å². The predicted molar refractivity (Wildman–Crippen MR) is 76.0 cm³/mol. The Kier molecular flexibility index (Phi) is 7.06. The first-order valence-corrected chi connectivity index (χ1v) is 8.00. The average Bonchev–Trinajstić information content (AvgIpc) is 2.92. The van der Waals surface area contributed by atoms with Crippen LogP contribution in [0.25, 0.3) is 0 Å². The molecule has 2 aliphatic heterocycles. The number of nitrogens with one attached hydrogen (secondary N) is 1. The van der Waals surface area contributed by atoms with E-state index in [2.05, 4.69) is 10.2 Å². The molecule has 2 rings (SSSR count). The highest BCUT2D eigenvalue weighted by Gasteiger charge is 2.12. The molecule has 18 heavy (non-hydrogen) atoms. The van der Waals surface area contributed by atoms with Gasteiger partial charge in [-0.1, -0.05) is 12.8 Å². The van der Waals surface area contributed by atoms with Crippen LogP contribution in [0.15, 0.2) is 0 Å². The minimum atomic E-state index is 0.538. The second-order valence-electron chi connectivity index (χ2n) is 5.78. The van der Waals surface area contributed by atoms with Crippen molar-refractivity contribution in [2.45, 2.75) is 57.5 Å². The highest BCUT2D eigenvalue weighted by atomic mass is 16.5. The second kappa shape index (κ2) is 8.89. The third-order valence-corrected chi connectivity index (χ3v) is 4.21. The lowest BCUT2D eigenvalue weighted by Gasteiger charge is -2.22. The number of unbranched alkanes of at least 4 members (excludes halogenated alkanes) is 3. The van der Waals surface area contributed by atoms with Gasteiger partial charge in [0.15, 0.2) is 0 Å². The van der Waals surface area contributed by atoms with Gasteiger partial charge in [0.25, 0.3) is 0 Å². The minimum absolute atomic E-state index is 0.538. The maximum atomic E-state index is 5.91. The van der Waals surface area contributed by atoms with Crippen LogP contribution >= 0.6 is 0 Å². The molecular formula is C15H30N2O. The van der Waals surface area contributed by atoms with E-state index in [9.17, 15) is 0 Å². The minimum Gasteiger partial charge on any atom is -0.378 e. The van der Waals surface area contributed by atoms with Crippen molar-refractivity contribution in [2.75, 3.05) is 39.3 Å². The van der Waals surface area contributed by atoms with Gasteiger partial charge in [-0.3, -0.25) is 0 Å². The molecule has 3 heteroatoms. The fourth-order valence-corrected chi connectivity index (χ4v) is 3.01. The molecule has 0 atom stereocenters. The summed E-state index contributed by atoms with van der Waals surface area (Å²) in [5, 5.41) is 3.38. The molecule has 106 valence electrons. The Morgan fingerprint density at radius 3 is 2.44 bits per heavy atom. The van der Waals surface area contributed by atoms with Gasteiger partial charge in [-0.25, -0.2) is 0 Å². The number of hydrogen-bond donors (Lipinski definition) is 1. The predicted octanol–water partition coefficient (Wildman–Crippen LogP) is 2.41. The van der Waals surface area contributed by atoms with Crippen LogP contribution < -0.4 is 5.32 Å². The van der Waals surface area contributed by atoms with Crippen molar-refractivity contribution < 1.29 is 4.74 Å². The van der Waals surface area contributed by atoms with Crippen molar-refractivity contribution in [2.24, 2.45) is 0 Å². The van der Waals surface area contributed by atoms with Gasteiger partial charge in [0.05, 0.1) is 6.10 Å². The van der Waals surface area contributed by atoms with Crippen LogP contribution in [0.4, 0.5) is 0 Å². The number of hydrogen-bond acceptors (Lipinski definition) is 3. The van der Waals surface area contributed by atoms with Gasteiger partial charge >= 0.3 is 0 Å². The van der Waals surface area contributed by atoms with Crippen LogP contribution in [0.1, 0.15) is 51.4 Å².